The lowest BCUT2D eigenvalue weighted by Gasteiger charge is -2.32. The van der Waals surface area contributed by atoms with Gasteiger partial charge in [-0.3, -0.25) is 4.79 Å². The van der Waals surface area contributed by atoms with Crippen LogP contribution in [0, 0.1) is 19.3 Å². The van der Waals surface area contributed by atoms with Gasteiger partial charge in [-0.2, -0.15) is 0 Å². The molecule has 1 amide bonds. The third-order valence-electron chi connectivity index (χ3n) is 5.80. The van der Waals surface area contributed by atoms with Crippen LogP contribution in [0.4, 0.5) is 0 Å². The highest BCUT2D eigenvalue weighted by atomic mass is 32.1. The van der Waals surface area contributed by atoms with E-state index in [0.29, 0.717) is 11.7 Å². The van der Waals surface area contributed by atoms with Gasteiger partial charge in [0.05, 0.1) is 6.61 Å². The van der Waals surface area contributed by atoms with Crippen molar-refractivity contribution in [2.45, 2.75) is 53.5 Å². The molecule has 0 aromatic heterocycles. The Kier molecular flexibility index (Phi) is 7.14. The molecule has 1 N–H and O–H groups in total. The normalized spacial score (nSPS) is 13.5. The highest BCUT2D eigenvalue weighted by molar-refractivity contribution is 7.80. The summed E-state index contributed by atoms with van der Waals surface area (Å²) >= 11 is 5.54. The Balaban J connectivity index is 1.47. The van der Waals surface area contributed by atoms with Crippen molar-refractivity contribution in [2.75, 3.05) is 13.2 Å². The first-order chi connectivity index (χ1) is 14.3. The Morgan fingerprint density at radius 2 is 1.90 bits per heavy atom. The van der Waals surface area contributed by atoms with Crippen molar-refractivity contribution >= 4 is 23.2 Å². The second kappa shape index (κ2) is 9.61. The van der Waals surface area contributed by atoms with E-state index in [2.05, 4.69) is 53.5 Å². The minimum absolute atomic E-state index is 0.0295. The summed E-state index contributed by atoms with van der Waals surface area (Å²) in [6.45, 7) is 10.2. The number of hydrogen-bond acceptors (Lipinski definition) is 3. The summed E-state index contributed by atoms with van der Waals surface area (Å²) in [4.78, 5) is 14.9. The SMILES string of the molecule is Cc1ccc(C)c(OCCCC(C)(C)C(=O)NC(=S)N2CCc3ccccc3C2)c1. The number of rotatable bonds is 6. The van der Waals surface area contributed by atoms with Crippen LogP contribution in [-0.4, -0.2) is 29.1 Å². The van der Waals surface area contributed by atoms with Gasteiger partial charge in [-0.05, 0) is 73.6 Å². The first-order valence-corrected chi connectivity index (χ1v) is 11.0. The van der Waals surface area contributed by atoms with Gasteiger partial charge in [0.2, 0.25) is 5.91 Å². The molecule has 0 radical (unpaired) electrons. The number of nitrogens with one attached hydrogen (secondary N) is 1. The Labute approximate surface area is 185 Å². The monoisotopic (exact) mass is 424 g/mol. The molecule has 0 saturated carbocycles. The van der Waals surface area contributed by atoms with E-state index in [-0.39, 0.29) is 5.91 Å². The van der Waals surface area contributed by atoms with Crippen molar-refractivity contribution < 1.29 is 9.53 Å². The second-order valence-electron chi connectivity index (χ2n) is 8.80. The number of thiocarbonyl (C=S) groups is 1. The molecule has 0 spiro atoms. The van der Waals surface area contributed by atoms with Crippen molar-refractivity contribution in [3.63, 3.8) is 0 Å². The van der Waals surface area contributed by atoms with E-state index in [1.807, 2.05) is 26.8 Å². The fraction of sp³-hybridized carbons (Fsp3) is 0.440. The molecule has 2 aromatic carbocycles. The molecule has 0 aliphatic carbocycles. The molecule has 0 bridgehead atoms. The van der Waals surface area contributed by atoms with E-state index in [1.54, 1.807) is 0 Å². The largest absolute Gasteiger partial charge is 0.493 e. The Hall–Kier alpha value is -2.40. The summed E-state index contributed by atoms with van der Waals surface area (Å²) in [6, 6.07) is 14.6. The average Bonchev–Trinajstić information content (AvgIpc) is 2.73. The third kappa shape index (κ3) is 5.60. The lowest BCUT2D eigenvalue weighted by Crippen LogP contribution is -2.48. The van der Waals surface area contributed by atoms with Gasteiger partial charge in [0.1, 0.15) is 5.75 Å². The van der Waals surface area contributed by atoms with Crippen LogP contribution in [0.25, 0.3) is 0 Å². The van der Waals surface area contributed by atoms with E-state index in [4.69, 9.17) is 17.0 Å². The Morgan fingerprint density at radius 1 is 1.17 bits per heavy atom. The molecule has 1 aliphatic heterocycles. The lowest BCUT2D eigenvalue weighted by molar-refractivity contribution is -0.128. The van der Waals surface area contributed by atoms with Crippen LogP contribution in [0.2, 0.25) is 0 Å². The lowest BCUT2D eigenvalue weighted by atomic mass is 9.87. The maximum atomic E-state index is 12.9. The molecule has 0 fully saturated rings. The highest BCUT2D eigenvalue weighted by Gasteiger charge is 2.29. The van der Waals surface area contributed by atoms with Crippen LogP contribution in [-0.2, 0) is 17.8 Å². The van der Waals surface area contributed by atoms with Crippen molar-refractivity contribution in [1.82, 2.24) is 10.2 Å². The van der Waals surface area contributed by atoms with Crippen LogP contribution in [0.3, 0.4) is 0 Å². The van der Waals surface area contributed by atoms with Crippen molar-refractivity contribution in [3.05, 3.63) is 64.7 Å². The minimum atomic E-state index is -0.511. The van der Waals surface area contributed by atoms with Gasteiger partial charge in [-0.15, -0.1) is 0 Å². The summed E-state index contributed by atoms with van der Waals surface area (Å²) < 4.78 is 5.94. The van der Waals surface area contributed by atoms with Crippen molar-refractivity contribution in [3.8, 4) is 5.75 Å². The quantitative estimate of drug-likeness (QED) is 0.526. The number of aryl methyl sites for hydroxylation is 2. The van der Waals surface area contributed by atoms with Gasteiger partial charge >= 0.3 is 0 Å². The van der Waals surface area contributed by atoms with Crippen molar-refractivity contribution in [2.24, 2.45) is 5.41 Å². The second-order valence-corrected chi connectivity index (χ2v) is 9.19. The van der Waals surface area contributed by atoms with Crippen molar-refractivity contribution in [1.29, 1.82) is 0 Å². The van der Waals surface area contributed by atoms with E-state index >= 15 is 0 Å². The molecule has 160 valence electrons. The number of hydrogen-bond donors (Lipinski definition) is 1. The summed E-state index contributed by atoms with van der Waals surface area (Å²) in [6.07, 6.45) is 2.48. The van der Waals surface area contributed by atoms with Gasteiger partial charge in [-0.25, -0.2) is 0 Å². The zero-order chi connectivity index (χ0) is 21.7. The van der Waals surface area contributed by atoms with E-state index < -0.39 is 5.41 Å². The molecular weight excluding hydrogens is 392 g/mol. The van der Waals surface area contributed by atoms with Gasteiger partial charge in [0, 0.05) is 18.5 Å². The van der Waals surface area contributed by atoms with Crippen LogP contribution in [0.1, 0.15) is 48.9 Å². The number of carbonyl (C=O) groups is 1. The topological polar surface area (TPSA) is 41.6 Å². The fourth-order valence-electron chi connectivity index (χ4n) is 3.69. The number of benzene rings is 2. The van der Waals surface area contributed by atoms with Gasteiger partial charge < -0.3 is 15.0 Å². The molecular formula is C25H32N2O2S. The molecule has 30 heavy (non-hydrogen) atoms. The number of carbonyl (C=O) groups excluding carboxylic acids is 1. The molecule has 0 unspecified atom stereocenters. The maximum Gasteiger partial charge on any atom is 0.231 e. The van der Waals surface area contributed by atoms with Crippen LogP contribution in [0.5, 0.6) is 5.75 Å². The molecule has 1 heterocycles. The minimum Gasteiger partial charge on any atom is -0.493 e. The molecule has 5 heteroatoms. The zero-order valence-electron chi connectivity index (χ0n) is 18.5. The third-order valence-corrected chi connectivity index (χ3v) is 6.16. The summed E-state index contributed by atoms with van der Waals surface area (Å²) in [5, 5.41) is 3.50. The summed E-state index contributed by atoms with van der Waals surface area (Å²) in [7, 11) is 0. The number of amides is 1. The van der Waals surface area contributed by atoms with E-state index in [1.165, 1.54) is 16.7 Å². The van der Waals surface area contributed by atoms with E-state index in [9.17, 15) is 4.79 Å². The number of ether oxygens (including phenoxy) is 1. The first kappa shape index (κ1) is 22.3. The molecule has 0 saturated heterocycles. The highest BCUT2D eigenvalue weighted by Crippen LogP contribution is 2.25. The molecule has 3 rings (SSSR count). The number of fused-ring (bicyclic) bond motifs is 1. The molecule has 0 atom stereocenters. The summed E-state index contributed by atoms with van der Waals surface area (Å²) in [5.41, 5.74) is 4.45. The zero-order valence-corrected chi connectivity index (χ0v) is 19.3. The first-order valence-electron chi connectivity index (χ1n) is 10.6. The molecule has 4 nitrogen and oxygen atoms in total. The van der Waals surface area contributed by atoms with E-state index in [0.717, 1.165) is 43.7 Å². The van der Waals surface area contributed by atoms with Crippen LogP contribution in [0.15, 0.2) is 42.5 Å². The van der Waals surface area contributed by atoms with Gasteiger partial charge in [0.25, 0.3) is 0 Å². The average molecular weight is 425 g/mol. The standard InChI is InChI=1S/C25H32N2O2S/c1-18-10-11-19(2)22(16-18)29-15-7-13-25(3,4)23(28)26-24(30)27-14-12-20-8-5-6-9-21(20)17-27/h5-6,8-11,16H,7,12-15,17H2,1-4H3,(H,26,28,30). The predicted molar refractivity (Wildman–Crippen MR) is 126 cm³/mol. The maximum absolute atomic E-state index is 12.9. The van der Waals surface area contributed by atoms with Gasteiger partial charge in [0.15, 0.2) is 5.11 Å². The van der Waals surface area contributed by atoms with Crippen LogP contribution >= 0.6 is 12.2 Å². The fourth-order valence-corrected chi connectivity index (χ4v) is 3.94. The Bertz CT molecular complexity index is 923. The van der Waals surface area contributed by atoms with Gasteiger partial charge in [-0.1, -0.05) is 50.2 Å². The Morgan fingerprint density at radius 3 is 2.67 bits per heavy atom. The smallest absolute Gasteiger partial charge is 0.231 e. The number of nitrogens with zero attached hydrogens (tertiary/aromatic N) is 1. The van der Waals surface area contributed by atoms with Crippen LogP contribution < -0.4 is 10.1 Å². The predicted octanol–water partition coefficient (Wildman–Crippen LogP) is 4.95. The summed E-state index contributed by atoms with van der Waals surface area (Å²) in [5.74, 6) is 0.891. The molecule has 1 aliphatic rings. The molecule has 2 aromatic rings.